The minimum atomic E-state index is 0.297. The molecule has 3 aromatic heterocycles. The summed E-state index contributed by atoms with van der Waals surface area (Å²) in [6.07, 6.45) is 5.25. The van der Waals surface area contributed by atoms with Gasteiger partial charge in [-0.2, -0.15) is 11.3 Å². The zero-order valence-electron chi connectivity index (χ0n) is 11.4. The minimum absolute atomic E-state index is 0.297. The molecule has 0 fully saturated rings. The van der Waals surface area contributed by atoms with Crippen LogP contribution in [0.5, 0.6) is 0 Å². The Kier molecular flexibility index (Phi) is 3.62. The third-order valence-electron chi connectivity index (χ3n) is 3.23. The monoisotopic (exact) mass is 288 g/mol. The van der Waals surface area contributed by atoms with Gasteiger partial charge in [0.15, 0.2) is 5.82 Å². The molecule has 1 atom stereocenters. The van der Waals surface area contributed by atoms with Gasteiger partial charge in [0, 0.05) is 18.9 Å². The van der Waals surface area contributed by atoms with E-state index >= 15 is 0 Å². The average Bonchev–Trinajstić information content (AvgIpc) is 3.09. The summed E-state index contributed by atoms with van der Waals surface area (Å²) in [5.74, 6) is 0.757. The minimum Gasteiger partial charge on any atom is -0.365 e. The van der Waals surface area contributed by atoms with Crippen LogP contribution in [0.1, 0.15) is 11.6 Å². The molecule has 0 radical (unpaired) electrons. The summed E-state index contributed by atoms with van der Waals surface area (Å²) in [6, 6.07) is 2.45. The Bertz CT molecular complexity index is 675. The zero-order chi connectivity index (χ0) is 13.9. The van der Waals surface area contributed by atoms with Crippen LogP contribution in [0, 0.1) is 0 Å². The topological polar surface area (TPSA) is 58.4 Å². The predicted molar refractivity (Wildman–Crippen MR) is 80.0 cm³/mol. The van der Waals surface area contributed by atoms with E-state index in [2.05, 4.69) is 56.3 Å². The van der Waals surface area contributed by atoms with E-state index in [9.17, 15) is 0 Å². The molecule has 0 amide bonds. The van der Waals surface area contributed by atoms with Crippen LogP contribution in [0.4, 0.5) is 5.82 Å². The highest BCUT2D eigenvalue weighted by molar-refractivity contribution is 7.07. The second kappa shape index (κ2) is 5.56. The first-order chi connectivity index (χ1) is 9.75. The molecule has 3 rings (SSSR count). The second-order valence-electron chi connectivity index (χ2n) is 4.75. The van der Waals surface area contributed by atoms with Crippen LogP contribution in [-0.4, -0.2) is 45.1 Å². The molecule has 0 spiro atoms. The Balaban J connectivity index is 1.79. The number of fused-ring (bicyclic) bond motifs is 1. The average molecular weight is 288 g/mol. The third kappa shape index (κ3) is 2.50. The highest BCUT2D eigenvalue weighted by Gasteiger charge is 2.15. The van der Waals surface area contributed by atoms with E-state index in [0.717, 1.165) is 18.0 Å². The Hall–Kier alpha value is -1.99. The van der Waals surface area contributed by atoms with Crippen molar-refractivity contribution in [3.05, 3.63) is 41.1 Å². The van der Waals surface area contributed by atoms with E-state index in [0.29, 0.717) is 6.04 Å². The van der Waals surface area contributed by atoms with Crippen LogP contribution < -0.4 is 5.32 Å². The molecular weight excluding hydrogens is 272 g/mol. The first-order valence-electron chi connectivity index (χ1n) is 6.32. The van der Waals surface area contributed by atoms with Crippen molar-refractivity contribution in [2.24, 2.45) is 0 Å². The van der Waals surface area contributed by atoms with Crippen LogP contribution in [0.3, 0.4) is 0 Å². The summed E-state index contributed by atoms with van der Waals surface area (Å²) >= 11 is 1.71. The van der Waals surface area contributed by atoms with E-state index in [1.54, 1.807) is 23.9 Å². The van der Waals surface area contributed by atoms with Gasteiger partial charge in [-0.3, -0.25) is 4.40 Å². The van der Waals surface area contributed by atoms with Crippen molar-refractivity contribution in [2.45, 2.75) is 6.04 Å². The van der Waals surface area contributed by atoms with Crippen LogP contribution in [0.25, 0.3) is 5.65 Å². The van der Waals surface area contributed by atoms with E-state index < -0.39 is 0 Å². The lowest BCUT2D eigenvalue weighted by Crippen LogP contribution is -2.26. The molecule has 0 unspecified atom stereocenters. The van der Waals surface area contributed by atoms with Crippen LogP contribution in [0.15, 0.2) is 35.5 Å². The van der Waals surface area contributed by atoms with Gasteiger partial charge in [0.25, 0.3) is 0 Å². The van der Waals surface area contributed by atoms with Gasteiger partial charge < -0.3 is 10.2 Å². The Morgan fingerprint density at radius 1 is 1.45 bits per heavy atom. The molecule has 0 saturated heterocycles. The fourth-order valence-corrected chi connectivity index (χ4v) is 2.85. The molecule has 0 aliphatic rings. The van der Waals surface area contributed by atoms with Gasteiger partial charge in [-0.15, -0.1) is 10.2 Å². The fraction of sp³-hybridized carbons (Fsp3) is 0.308. The van der Waals surface area contributed by atoms with Crippen molar-refractivity contribution in [1.82, 2.24) is 24.5 Å². The van der Waals surface area contributed by atoms with Gasteiger partial charge in [-0.05, 0) is 36.5 Å². The number of likely N-dealkylation sites (N-methyl/N-ethyl adjacent to an activating group) is 1. The molecule has 6 nitrogen and oxygen atoms in total. The van der Waals surface area contributed by atoms with Gasteiger partial charge in [0.1, 0.15) is 6.33 Å². The lowest BCUT2D eigenvalue weighted by molar-refractivity contribution is 0.312. The van der Waals surface area contributed by atoms with Crippen molar-refractivity contribution in [1.29, 1.82) is 0 Å². The largest absolute Gasteiger partial charge is 0.365 e. The van der Waals surface area contributed by atoms with Crippen LogP contribution in [0.2, 0.25) is 0 Å². The zero-order valence-corrected chi connectivity index (χ0v) is 12.2. The summed E-state index contributed by atoms with van der Waals surface area (Å²) in [6.45, 7) is 0.767. The summed E-state index contributed by atoms with van der Waals surface area (Å²) in [5, 5.41) is 15.6. The summed E-state index contributed by atoms with van der Waals surface area (Å²) in [7, 11) is 4.16. The number of hydrogen-bond acceptors (Lipinski definition) is 6. The number of nitrogens with zero attached hydrogens (tertiary/aromatic N) is 5. The number of thiophene rings is 1. The molecule has 7 heteroatoms. The van der Waals surface area contributed by atoms with Crippen LogP contribution in [-0.2, 0) is 0 Å². The highest BCUT2D eigenvalue weighted by atomic mass is 32.1. The number of rotatable bonds is 5. The second-order valence-corrected chi connectivity index (χ2v) is 5.53. The Labute approximate surface area is 121 Å². The Morgan fingerprint density at radius 2 is 2.35 bits per heavy atom. The number of hydrogen-bond donors (Lipinski definition) is 1. The molecule has 3 aromatic rings. The predicted octanol–water partition coefficient (Wildman–Crippen LogP) is 1.90. The van der Waals surface area contributed by atoms with Crippen molar-refractivity contribution in [3.63, 3.8) is 0 Å². The molecule has 0 aliphatic heterocycles. The molecule has 0 aliphatic carbocycles. The lowest BCUT2D eigenvalue weighted by atomic mass is 10.1. The van der Waals surface area contributed by atoms with Crippen molar-refractivity contribution < 1.29 is 0 Å². The maximum atomic E-state index is 4.34. The fourth-order valence-electron chi connectivity index (χ4n) is 2.14. The first-order valence-corrected chi connectivity index (χ1v) is 7.26. The maximum Gasteiger partial charge on any atom is 0.203 e. The van der Waals surface area contributed by atoms with E-state index in [-0.39, 0.29) is 0 Å². The normalized spacial score (nSPS) is 12.9. The molecule has 0 bridgehead atoms. The molecule has 104 valence electrons. The van der Waals surface area contributed by atoms with Crippen molar-refractivity contribution in [2.75, 3.05) is 26.0 Å². The number of aromatic nitrogens is 4. The highest BCUT2D eigenvalue weighted by Crippen LogP contribution is 2.21. The van der Waals surface area contributed by atoms with E-state index in [1.165, 1.54) is 5.56 Å². The first kappa shape index (κ1) is 13.0. The standard InChI is InChI=1S/C13H16N6S/c1-18(2)11(10-3-6-20-8-10)7-15-12-13-17-16-9-19(13)5-4-14-12/h3-6,8-9,11H,7H2,1-2H3,(H,14,15)/t11-/m1/s1. The molecule has 20 heavy (non-hydrogen) atoms. The van der Waals surface area contributed by atoms with Gasteiger partial charge >= 0.3 is 0 Å². The Morgan fingerprint density at radius 3 is 3.10 bits per heavy atom. The van der Waals surface area contributed by atoms with Gasteiger partial charge in [-0.1, -0.05) is 0 Å². The molecule has 0 aromatic carbocycles. The quantitative estimate of drug-likeness (QED) is 0.777. The summed E-state index contributed by atoms with van der Waals surface area (Å²) < 4.78 is 1.85. The summed E-state index contributed by atoms with van der Waals surface area (Å²) in [4.78, 5) is 6.53. The molecule has 0 saturated carbocycles. The maximum absolute atomic E-state index is 4.34. The summed E-state index contributed by atoms with van der Waals surface area (Å²) in [5.41, 5.74) is 2.05. The molecule has 3 heterocycles. The van der Waals surface area contributed by atoms with Crippen molar-refractivity contribution >= 4 is 22.8 Å². The number of anilines is 1. The molecular formula is C13H16N6S. The molecule has 1 N–H and O–H groups in total. The van der Waals surface area contributed by atoms with Gasteiger partial charge in [0.05, 0.1) is 6.04 Å². The smallest absolute Gasteiger partial charge is 0.203 e. The lowest BCUT2D eigenvalue weighted by Gasteiger charge is -2.24. The van der Waals surface area contributed by atoms with E-state index in [4.69, 9.17) is 0 Å². The SMILES string of the molecule is CN(C)[C@H](CNc1nccn2cnnc12)c1ccsc1. The van der Waals surface area contributed by atoms with E-state index in [1.807, 2.05) is 10.6 Å². The van der Waals surface area contributed by atoms with Gasteiger partial charge in [-0.25, -0.2) is 4.98 Å². The van der Waals surface area contributed by atoms with Crippen molar-refractivity contribution in [3.8, 4) is 0 Å². The van der Waals surface area contributed by atoms with Gasteiger partial charge in [0.2, 0.25) is 5.65 Å². The van der Waals surface area contributed by atoms with Crippen LogP contribution >= 0.6 is 11.3 Å². The third-order valence-corrected chi connectivity index (χ3v) is 3.93. The number of nitrogens with one attached hydrogen (secondary N) is 1.